The van der Waals surface area contributed by atoms with Crippen LogP contribution in [-0.4, -0.2) is 78.9 Å². The van der Waals surface area contributed by atoms with Gasteiger partial charge in [-0.3, -0.25) is 19.2 Å². The monoisotopic (exact) mass is 1120 g/mol. The fourth-order valence-corrected chi connectivity index (χ4v) is 11.8. The van der Waals surface area contributed by atoms with Crippen molar-refractivity contribution in [3.8, 4) is 0 Å². The number of ether oxygens (including phenoxy) is 3. The van der Waals surface area contributed by atoms with Gasteiger partial charge >= 0.3 is 118 Å². The number of halogens is 6. The van der Waals surface area contributed by atoms with Crippen molar-refractivity contribution in [3.05, 3.63) is 142 Å². The molecule has 11 rings (SSSR count). The molecule has 0 aromatic heterocycles. The Morgan fingerprint density at radius 1 is 0.506 bits per heavy atom. The van der Waals surface area contributed by atoms with E-state index in [4.69, 9.17) is 19.3 Å². The summed E-state index contributed by atoms with van der Waals surface area (Å²) in [6, 6.07) is 31.9. The van der Waals surface area contributed by atoms with Crippen LogP contribution in [0.2, 0.25) is 0 Å². The summed E-state index contributed by atoms with van der Waals surface area (Å²) in [5.41, 5.74) is 8.66. The summed E-state index contributed by atoms with van der Waals surface area (Å²) < 4.78 is 123. The van der Waals surface area contributed by atoms with E-state index in [9.17, 15) is 58.5 Å². The van der Waals surface area contributed by atoms with Crippen LogP contribution in [0.3, 0.4) is 0 Å². The molecule has 6 aliphatic carbocycles. The number of carbonyl (C=O) groups excluding carboxylic acids is 4. The molecule has 1 N–H and O–H groups in total. The first-order valence-corrected chi connectivity index (χ1v) is 26.6. The zero-order valence-electron chi connectivity index (χ0n) is 44.2. The maximum Gasteiger partial charge on any atom is 1.00 e. The second-order valence-electron chi connectivity index (χ2n) is 20.0. The number of unbranched alkanes of at least 4 members (excludes halogenated alkanes) is 6. The van der Waals surface area contributed by atoms with Gasteiger partial charge in [0.2, 0.25) is 11.8 Å². The van der Waals surface area contributed by atoms with E-state index in [1.807, 2.05) is 72.8 Å². The summed E-state index contributed by atoms with van der Waals surface area (Å²) in [7, 11) is -5.54. The van der Waals surface area contributed by atoms with Crippen LogP contribution in [0, 0.1) is 23.7 Å². The van der Waals surface area contributed by atoms with E-state index in [-0.39, 0.29) is 182 Å². The number of fused-ring (bicyclic) bond motifs is 1. The van der Waals surface area contributed by atoms with Gasteiger partial charge in [-0.2, -0.15) is 8.78 Å². The van der Waals surface area contributed by atoms with Crippen LogP contribution in [0.1, 0.15) is 159 Å². The van der Waals surface area contributed by atoms with Gasteiger partial charge in [0.05, 0.1) is 36.9 Å². The van der Waals surface area contributed by atoms with Crippen LogP contribution in [0.15, 0.2) is 97.1 Å². The average Bonchev–Trinajstić information content (AvgIpc) is 3.67. The van der Waals surface area contributed by atoms with E-state index in [0.29, 0.717) is 44.9 Å². The molecule has 1 heterocycles. The molecule has 21 heteroatoms. The average molecular weight is 1130 g/mol. The Labute approximate surface area is 512 Å². The third kappa shape index (κ3) is 15.9. The zero-order valence-corrected chi connectivity index (χ0v) is 51.0. The summed E-state index contributed by atoms with van der Waals surface area (Å²) in [5.74, 6) is -10.3. The van der Waals surface area contributed by atoms with Crippen molar-refractivity contribution in [2.24, 2.45) is 23.7 Å². The number of esters is 4. The van der Waals surface area contributed by atoms with Gasteiger partial charge in [0.1, 0.15) is 0 Å². The molecule has 0 amide bonds. The third-order valence-corrected chi connectivity index (χ3v) is 15.6. The minimum absolute atomic E-state index is 0. The molecule has 4 unspecified atom stereocenters. The molecule has 4 aromatic carbocycles. The minimum Gasteiger partial charge on any atom is -0.743 e. The fraction of sp³-hybridized carbons (Fsp3) is 0.500. The van der Waals surface area contributed by atoms with Gasteiger partial charge in [-0.25, -0.2) is 26.0 Å². The molecule has 1 fully saturated rings. The van der Waals surface area contributed by atoms with E-state index in [2.05, 4.69) is 24.3 Å². The molecule has 0 radical (unpaired) electrons. The SMILES string of the molecule is CC(F)(F)CCCCCOC(=O)C1C2c3ccccc3C(c3ccccc32)C1C(=O)OCCCCCC(C)(F)F.O=C1OC(=O)C2C3c4ccccc4C(c4ccccc43)C12.O=S(=O)([O-])C(F)(F)CCCCCO.[Na+].[Na+].[Na+]. The summed E-state index contributed by atoms with van der Waals surface area (Å²) in [4.78, 5) is 51.6. The number of carbonyl (C=O) groups is 4. The van der Waals surface area contributed by atoms with Crippen LogP contribution in [0.5, 0.6) is 0 Å². The number of cyclic esters (lactones) is 2. The topological polar surface area (TPSA) is 173 Å². The number of alkyl halides is 6. The van der Waals surface area contributed by atoms with Crippen LogP contribution < -0.4 is 88.7 Å². The molecule has 4 aromatic rings. The Morgan fingerprint density at radius 3 is 1.08 bits per heavy atom. The van der Waals surface area contributed by atoms with Crippen LogP contribution >= 0.6 is 0 Å². The molecule has 400 valence electrons. The maximum absolute atomic E-state index is 13.6. The van der Waals surface area contributed by atoms with Crippen LogP contribution in [0.4, 0.5) is 26.3 Å². The predicted molar refractivity (Wildman–Crippen MR) is 258 cm³/mol. The largest absolute Gasteiger partial charge is 1.00 e. The van der Waals surface area contributed by atoms with Crippen molar-refractivity contribution in [1.29, 1.82) is 0 Å². The van der Waals surface area contributed by atoms with Crippen LogP contribution in [-0.2, 0) is 43.5 Å². The first-order valence-electron chi connectivity index (χ1n) is 25.2. The van der Waals surface area contributed by atoms with E-state index in [1.165, 1.54) is 22.3 Å². The van der Waals surface area contributed by atoms with Crippen molar-refractivity contribution in [1.82, 2.24) is 0 Å². The Balaban J connectivity index is 0.000000287. The third-order valence-electron chi connectivity index (χ3n) is 14.7. The number of hydrogen-bond donors (Lipinski definition) is 1. The van der Waals surface area contributed by atoms with E-state index < -0.39 is 57.4 Å². The maximum atomic E-state index is 13.6. The molecule has 7 aliphatic rings. The van der Waals surface area contributed by atoms with Crippen molar-refractivity contribution in [2.45, 2.75) is 132 Å². The molecule has 11 nitrogen and oxygen atoms in total. The second kappa shape index (κ2) is 28.9. The Bertz CT molecular complexity index is 2520. The van der Waals surface area contributed by atoms with Gasteiger partial charge in [0.15, 0.2) is 10.1 Å². The van der Waals surface area contributed by atoms with Crippen LogP contribution in [0.25, 0.3) is 0 Å². The van der Waals surface area contributed by atoms with Gasteiger partial charge in [-0.05, 0) is 110 Å². The Kier molecular flexibility index (Phi) is 25.1. The molecular formula is C56H61F6Na3O11S+2. The summed E-state index contributed by atoms with van der Waals surface area (Å²) in [6.45, 7) is 1.84. The molecule has 4 bridgehead atoms. The zero-order chi connectivity index (χ0) is 53.6. The number of aliphatic hydroxyl groups excluding tert-OH is 1. The van der Waals surface area contributed by atoms with Gasteiger partial charge < -0.3 is 23.9 Å². The Hall–Kier alpha value is -2.59. The number of aliphatic hydroxyl groups is 1. The number of rotatable bonds is 20. The molecule has 4 atom stereocenters. The van der Waals surface area contributed by atoms with Crippen molar-refractivity contribution >= 4 is 34.0 Å². The molecule has 77 heavy (non-hydrogen) atoms. The molecule has 0 spiro atoms. The van der Waals surface area contributed by atoms with E-state index in [0.717, 1.165) is 36.1 Å². The Morgan fingerprint density at radius 2 is 0.792 bits per heavy atom. The smallest absolute Gasteiger partial charge is 0.743 e. The van der Waals surface area contributed by atoms with Gasteiger partial charge in [-0.15, -0.1) is 0 Å². The van der Waals surface area contributed by atoms with E-state index in [1.54, 1.807) is 0 Å². The molecule has 0 saturated carbocycles. The summed E-state index contributed by atoms with van der Waals surface area (Å²) in [6.07, 6.45) is 1.73. The summed E-state index contributed by atoms with van der Waals surface area (Å²) in [5, 5.41) is 4.11. The van der Waals surface area contributed by atoms with Crippen molar-refractivity contribution < 1.29 is 166 Å². The fourth-order valence-electron chi connectivity index (χ4n) is 11.4. The minimum atomic E-state index is -5.54. The summed E-state index contributed by atoms with van der Waals surface area (Å²) >= 11 is 0. The quantitative estimate of drug-likeness (QED) is 0.0262. The first kappa shape index (κ1) is 66.9. The van der Waals surface area contributed by atoms with Gasteiger partial charge in [0, 0.05) is 49.5 Å². The van der Waals surface area contributed by atoms with Gasteiger partial charge in [0.25, 0.3) is 0 Å². The predicted octanol–water partition coefficient (Wildman–Crippen LogP) is 2.31. The van der Waals surface area contributed by atoms with Crippen molar-refractivity contribution in [2.75, 3.05) is 19.8 Å². The second-order valence-corrected chi connectivity index (χ2v) is 21.5. The molecule has 1 aliphatic heterocycles. The standard InChI is InChI=1S/C32H38F4O4.C18H12O3.C6H12F2O4S.3Na/c1-31(33,34)17-9-3-11-19-39-29(37)27-25-21-13-5-7-15-23(21)26(24-16-8-6-14-22(24)25)28(27)30(38)40-20-12-4-10-18-32(2,35)36;19-17-15-13-9-5-1-2-6-10(9)14(16(15)18(20)21-17)12-8-4-3-7-11(12)13;7-6(8,13(10,11)12)4-2-1-3-5-9;;;/h5-8,13-16,25-28H,3-4,9-12,17-20H2,1-2H3;1-8,13-16H;9H,1-5H2,(H,10,11,12);;;/q;;;3*+1/p-1. The molecular weight excluding hydrogens is 1060 g/mol. The van der Waals surface area contributed by atoms with Gasteiger partial charge in [-0.1, -0.05) is 103 Å². The first-order chi connectivity index (χ1) is 35.1. The van der Waals surface area contributed by atoms with Crippen molar-refractivity contribution in [3.63, 3.8) is 0 Å². The normalized spacial score (nSPS) is 21.9. The number of hydrogen-bond acceptors (Lipinski definition) is 11. The molecule has 1 saturated heterocycles. The number of benzene rings is 4. The van der Waals surface area contributed by atoms with E-state index >= 15 is 0 Å².